The number of fused-ring (bicyclic) bond motifs is 1. The van der Waals surface area contributed by atoms with Crippen LogP contribution in [0.25, 0.3) is 11.3 Å². The quantitative estimate of drug-likeness (QED) is 0.625. The van der Waals surface area contributed by atoms with Crippen molar-refractivity contribution < 1.29 is 18.7 Å². The maximum Gasteiger partial charge on any atom is 0.268 e. The SMILES string of the molecule is CCC1Oc2ccc(-c3nc(C)sc3C)cc2N(CC(=O)Nc2ccc(F)cc2)C1=O. The van der Waals surface area contributed by atoms with Gasteiger partial charge in [0, 0.05) is 16.1 Å². The molecule has 1 N–H and O–H groups in total. The van der Waals surface area contributed by atoms with E-state index in [-0.39, 0.29) is 24.2 Å². The van der Waals surface area contributed by atoms with E-state index in [1.807, 2.05) is 39.0 Å². The Morgan fingerprint density at radius 2 is 1.97 bits per heavy atom. The Bertz CT molecular complexity index is 1140. The number of ether oxygens (including phenoxy) is 1. The van der Waals surface area contributed by atoms with Crippen LogP contribution < -0.4 is 15.0 Å². The predicted molar refractivity (Wildman–Crippen MR) is 119 cm³/mol. The lowest BCUT2D eigenvalue weighted by molar-refractivity contribution is -0.128. The molecule has 31 heavy (non-hydrogen) atoms. The third-order valence-corrected chi connectivity index (χ3v) is 5.92. The maximum atomic E-state index is 13.1. The minimum Gasteiger partial charge on any atom is -0.478 e. The summed E-state index contributed by atoms with van der Waals surface area (Å²) >= 11 is 1.61. The molecule has 1 atom stereocenters. The third kappa shape index (κ3) is 4.29. The van der Waals surface area contributed by atoms with Gasteiger partial charge in [-0.25, -0.2) is 9.37 Å². The number of carbonyl (C=O) groups is 2. The number of nitrogens with zero attached hydrogens (tertiary/aromatic N) is 2. The molecule has 2 aromatic carbocycles. The molecular formula is C23H22FN3O3S. The fraction of sp³-hybridized carbons (Fsp3) is 0.261. The average Bonchev–Trinajstić information content (AvgIpc) is 3.09. The highest BCUT2D eigenvalue weighted by atomic mass is 32.1. The molecule has 6 nitrogen and oxygen atoms in total. The first-order valence-electron chi connectivity index (χ1n) is 9.97. The summed E-state index contributed by atoms with van der Waals surface area (Å²) in [6.07, 6.45) is -0.166. The minimum atomic E-state index is -0.653. The van der Waals surface area contributed by atoms with Crippen molar-refractivity contribution in [1.29, 1.82) is 0 Å². The fourth-order valence-electron chi connectivity index (χ4n) is 3.57. The molecule has 1 unspecified atom stereocenters. The molecule has 0 saturated heterocycles. The Kier molecular flexibility index (Phi) is 5.73. The van der Waals surface area contributed by atoms with Gasteiger partial charge in [0.1, 0.15) is 18.1 Å². The monoisotopic (exact) mass is 439 g/mol. The van der Waals surface area contributed by atoms with Crippen LogP contribution in [0.1, 0.15) is 23.2 Å². The van der Waals surface area contributed by atoms with Crippen molar-refractivity contribution in [3.8, 4) is 17.0 Å². The van der Waals surface area contributed by atoms with E-state index in [0.717, 1.165) is 21.1 Å². The number of thiazole rings is 1. The molecule has 1 aliphatic heterocycles. The van der Waals surface area contributed by atoms with Gasteiger partial charge < -0.3 is 10.1 Å². The Labute approximate surface area is 183 Å². The molecule has 8 heteroatoms. The number of amides is 2. The number of nitrogens with one attached hydrogen (secondary N) is 1. The zero-order valence-electron chi connectivity index (χ0n) is 17.4. The number of hydrogen-bond acceptors (Lipinski definition) is 5. The van der Waals surface area contributed by atoms with Gasteiger partial charge in [-0.15, -0.1) is 11.3 Å². The van der Waals surface area contributed by atoms with Crippen molar-refractivity contribution in [2.75, 3.05) is 16.8 Å². The molecule has 0 spiro atoms. The molecule has 3 aromatic rings. The first-order valence-corrected chi connectivity index (χ1v) is 10.8. The highest BCUT2D eigenvalue weighted by molar-refractivity contribution is 7.11. The number of rotatable bonds is 5. The Morgan fingerprint density at radius 3 is 2.61 bits per heavy atom. The highest BCUT2D eigenvalue weighted by Gasteiger charge is 2.35. The molecule has 4 rings (SSSR count). The van der Waals surface area contributed by atoms with Crippen molar-refractivity contribution in [3.63, 3.8) is 0 Å². The van der Waals surface area contributed by atoms with Gasteiger partial charge in [-0.1, -0.05) is 6.92 Å². The highest BCUT2D eigenvalue weighted by Crippen LogP contribution is 2.39. The molecule has 1 aliphatic rings. The summed E-state index contributed by atoms with van der Waals surface area (Å²) in [5.74, 6) is -0.489. The Hall–Kier alpha value is -3.26. The number of hydrogen-bond donors (Lipinski definition) is 1. The van der Waals surface area contributed by atoms with Crippen LogP contribution in [0, 0.1) is 19.7 Å². The van der Waals surface area contributed by atoms with E-state index in [1.165, 1.54) is 29.2 Å². The van der Waals surface area contributed by atoms with Crippen LogP contribution in [0.15, 0.2) is 42.5 Å². The van der Waals surface area contributed by atoms with Gasteiger partial charge in [-0.05, 0) is 62.7 Å². The predicted octanol–water partition coefficient (Wildman–Crippen LogP) is 4.71. The van der Waals surface area contributed by atoms with E-state index in [2.05, 4.69) is 10.3 Å². The molecule has 0 aliphatic carbocycles. The van der Waals surface area contributed by atoms with Crippen molar-refractivity contribution >= 4 is 34.5 Å². The van der Waals surface area contributed by atoms with Gasteiger partial charge in [0.15, 0.2) is 6.10 Å². The normalized spacial score (nSPS) is 15.4. The molecule has 0 saturated carbocycles. The lowest BCUT2D eigenvalue weighted by Crippen LogP contribution is -2.48. The number of anilines is 2. The zero-order valence-corrected chi connectivity index (χ0v) is 18.3. The van der Waals surface area contributed by atoms with E-state index in [0.29, 0.717) is 23.5 Å². The van der Waals surface area contributed by atoms with E-state index < -0.39 is 6.10 Å². The van der Waals surface area contributed by atoms with Gasteiger partial charge in [0.2, 0.25) is 5.91 Å². The van der Waals surface area contributed by atoms with Crippen molar-refractivity contribution in [2.45, 2.75) is 33.3 Å². The van der Waals surface area contributed by atoms with Gasteiger partial charge in [0.25, 0.3) is 5.91 Å². The average molecular weight is 440 g/mol. The Balaban J connectivity index is 1.65. The molecule has 0 bridgehead atoms. The summed E-state index contributed by atoms with van der Waals surface area (Å²) < 4.78 is 19.0. The number of halogens is 1. The van der Waals surface area contributed by atoms with Crippen molar-refractivity contribution in [3.05, 3.63) is 58.2 Å². The van der Waals surface area contributed by atoms with Crippen LogP contribution >= 0.6 is 11.3 Å². The number of aryl methyl sites for hydroxylation is 2. The van der Waals surface area contributed by atoms with Gasteiger partial charge in [0.05, 0.1) is 16.4 Å². The van der Waals surface area contributed by atoms with E-state index in [1.54, 1.807) is 11.3 Å². The van der Waals surface area contributed by atoms with Crippen LogP contribution in [0.4, 0.5) is 15.8 Å². The molecule has 160 valence electrons. The molecule has 0 fully saturated rings. The lowest BCUT2D eigenvalue weighted by atomic mass is 10.1. The summed E-state index contributed by atoms with van der Waals surface area (Å²) in [5.41, 5.74) is 2.70. The molecule has 1 aromatic heterocycles. The van der Waals surface area contributed by atoms with Crippen molar-refractivity contribution in [1.82, 2.24) is 4.98 Å². The second-order valence-electron chi connectivity index (χ2n) is 7.31. The smallest absolute Gasteiger partial charge is 0.268 e. The van der Waals surface area contributed by atoms with Gasteiger partial charge in [-0.2, -0.15) is 0 Å². The lowest BCUT2D eigenvalue weighted by Gasteiger charge is -2.34. The van der Waals surface area contributed by atoms with Crippen LogP contribution in [-0.4, -0.2) is 29.4 Å². The molecule has 2 heterocycles. The minimum absolute atomic E-state index is 0.179. The van der Waals surface area contributed by atoms with Gasteiger partial charge in [-0.3, -0.25) is 14.5 Å². The second kappa shape index (κ2) is 8.47. The van der Waals surface area contributed by atoms with Gasteiger partial charge >= 0.3 is 0 Å². The number of aromatic nitrogens is 1. The number of benzene rings is 2. The van der Waals surface area contributed by atoms with Crippen LogP contribution in [0.3, 0.4) is 0 Å². The number of carbonyl (C=O) groups excluding carboxylic acids is 2. The van der Waals surface area contributed by atoms with Crippen LogP contribution in [-0.2, 0) is 9.59 Å². The van der Waals surface area contributed by atoms with E-state index in [4.69, 9.17) is 4.74 Å². The Morgan fingerprint density at radius 1 is 1.23 bits per heavy atom. The summed E-state index contributed by atoms with van der Waals surface area (Å²) in [5, 5.41) is 3.67. The van der Waals surface area contributed by atoms with Crippen LogP contribution in [0.2, 0.25) is 0 Å². The second-order valence-corrected chi connectivity index (χ2v) is 8.72. The standard InChI is InChI=1S/C23H22FN3O3S/c1-4-19-23(29)27(12-21(28)26-17-8-6-16(24)7-9-17)18-11-15(5-10-20(18)30-19)22-13(2)31-14(3)25-22/h5-11,19H,4,12H2,1-3H3,(H,26,28). The largest absolute Gasteiger partial charge is 0.478 e. The summed E-state index contributed by atoms with van der Waals surface area (Å²) in [6, 6.07) is 11.1. The van der Waals surface area contributed by atoms with Crippen molar-refractivity contribution in [2.24, 2.45) is 0 Å². The molecule has 2 amide bonds. The summed E-state index contributed by atoms with van der Waals surface area (Å²) in [6.45, 7) is 5.63. The third-order valence-electron chi connectivity index (χ3n) is 5.04. The van der Waals surface area contributed by atoms with Crippen LogP contribution in [0.5, 0.6) is 5.75 Å². The summed E-state index contributed by atoms with van der Waals surface area (Å²) in [7, 11) is 0. The molecular weight excluding hydrogens is 417 g/mol. The van der Waals surface area contributed by atoms with E-state index in [9.17, 15) is 14.0 Å². The molecule has 0 radical (unpaired) electrons. The van der Waals surface area contributed by atoms with E-state index >= 15 is 0 Å². The first-order chi connectivity index (χ1) is 14.9. The first kappa shape index (κ1) is 21.0. The zero-order chi connectivity index (χ0) is 22.1. The fourth-order valence-corrected chi connectivity index (χ4v) is 4.41. The summed E-state index contributed by atoms with van der Waals surface area (Å²) in [4.78, 5) is 32.8. The maximum absolute atomic E-state index is 13.1. The topological polar surface area (TPSA) is 71.5 Å².